The van der Waals surface area contributed by atoms with Crippen LogP contribution in [0.2, 0.25) is 0 Å². The van der Waals surface area contributed by atoms with Gasteiger partial charge in [0.2, 0.25) is 0 Å². The Morgan fingerprint density at radius 3 is 2.09 bits per heavy atom. The number of piperazine rings is 1. The molecule has 0 amide bonds. The van der Waals surface area contributed by atoms with Crippen molar-refractivity contribution < 1.29 is 0 Å². The summed E-state index contributed by atoms with van der Waals surface area (Å²) in [5, 5.41) is 0. The number of nitrogens with zero attached hydrogens (tertiary/aromatic N) is 3. The molecular weight excluding hydrogens is 306 g/mol. The first kappa shape index (κ1) is 17.2. The zero-order chi connectivity index (χ0) is 14.9. The van der Waals surface area contributed by atoms with Crippen LogP contribution < -0.4 is 0 Å². The van der Waals surface area contributed by atoms with Gasteiger partial charge in [-0.3, -0.25) is 9.80 Å². The van der Waals surface area contributed by atoms with Crippen LogP contribution in [0.15, 0.2) is 30.3 Å². The van der Waals surface area contributed by atoms with Gasteiger partial charge in [-0.1, -0.05) is 30.3 Å². The third-order valence-corrected chi connectivity index (χ3v) is 6.25. The first-order valence-electron chi connectivity index (χ1n) is 9.02. The normalized spacial score (nSPS) is 32.7. The molecule has 3 heterocycles. The first-order chi connectivity index (χ1) is 10.8. The van der Waals surface area contributed by atoms with Gasteiger partial charge in [0.25, 0.3) is 0 Å². The third kappa shape index (κ3) is 3.74. The van der Waals surface area contributed by atoms with Crippen molar-refractivity contribution in [3.63, 3.8) is 0 Å². The highest BCUT2D eigenvalue weighted by Crippen LogP contribution is 2.36. The maximum atomic E-state index is 2.79. The second kappa shape index (κ2) is 7.52. The SMILES string of the molecule is CN1C2CCC1CC(N1CCN(Cc3ccccc3)CC1)C2.Cl. The molecule has 0 aliphatic carbocycles. The fraction of sp³-hybridized carbons (Fsp3) is 0.684. The quantitative estimate of drug-likeness (QED) is 0.841. The Kier molecular flexibility index (Phi) is 5.63. The number of halogens is 1. The fourth-order valence-electron chi connectivity index (χ4n) is 4.81. The van der Waals surface area contributed by atoms with E-state index in [0.29, 0.717) is 0 Å². The molecule has 0 saturated carbocycles. The molecule has 0 spiro atoms. The molecule has 3 saturated heterocycles. The Morgan fingerprint density at radius 1 is 0.870 bits per heavy atom. The summed E-state index contributed by atoms with van der Waals surface area (Å²) < 4.78 is 0. The molecule has 4 rings (SSSR count). The van der Waals surface area contributed by atoms with Gasteiger partial charge in [-0.2, -0.15) is 0 Å². The molecule has 2 bridgehead atoms. The van der Waals surface area contributed by atoms with Gasteiger partial charge in [-0.05, 0) is 38.3 Å². The lowest BCUT2D eigenvalue weighted by Crippen LogP contribution is -2.54. The lowest BCUT2D eigenvalue weighted by atomic mass is 9.96. The standard InChI is InChI=1S/C19H29N3.ClH/c1-20-17-7-8-18(20)14-19(13-17)22-11-9-21(10-12-22)15-16-5-3-2-4-6-16;/h2-6,17-19H,7-15H2,1H3;1H. The van der Waals surface area contributed by atoms with Crippen LogP contribution in [0, 0.1) is 0 Å². The number of fused-ring (bicyclic) bond motifs is 2. The summed E-state index contributed by atoms with van der Waals surface area (Å²) in [4.78, 5) is 8.07. The van der Waals surface area contributed by atoms with Crippen molar-refractivity contribution in [2.75, 3.05) is 33.2 Å². The summed E-state index contributed by atoms with van der Waals surface area (Å²) in [5.41, 5.74) is 1.45. The second-order valence-corrected chi connectivity index (χ2v) is 7.47. The van der Waals surface area contributed by atoms with Crippen LogP contribution in [0.4, 0.5) is 0 Å². The minimum Gasteiger partial charge on any atom is -0.300 e. The largest absolute Gasteiger partial charge is 0.300 e. The van der Waals surface area contributed by atoms with E-state index in [2.05, 4.69) is 52.1 Å². The average Bonchev–Trinajstić information content (AvgIpc) is 2.77. The molecule has 128 valence electrons. The number of benzene rings is 1. The van der Waals surface area contributed by atoms with Gasteiger partial charge in [0.15, 0.2) is 0 Å². The van der Waals surface area contributed by atoms with Gasteiger partial charge in [0.05, 0.1) is 0 Å². The van der Waals surface area contributed by atoms with Crippen LogP contribution in [0.3, 0.4) is 0 Å². The highest BCUT2D eigenvalue weighted by atomic mass is 35.5. The molecule has 1 aromatic carbocycles. The van der Waals surface area contributed by atoms with Crippen LogP contribution >= 0.6 is 12.4 Å². The van der Waals surface area contributed by atoms with Crippen LogP contribution in [0.5, 0.6) is 0 Å². The van der Waals surface area contributed by atoms with Crippen LogP contribution in [-0.4, -0.2) is 66.1 Å². The Balaban J connectivity index is 0.00000156. The molecule has 0 radical (unpaired) electrons. The van der Waals surface area contributed by atoms with Gasteiger partial charge in [-0.15, -0.1) is 12.4 Å². The van der Waals surface area contributed by atoms with Crippen molar-refractivity contribution in [3.8, 4) is 0 Å². The van der Waals surface area contributed by atoms with Crippen LogP contribution in [-0.2, 0) is 6.54 Å². The molecule has 23 heavy (non-hydrogen) atoms. The zero-order valence-electron chi connectivity index (χ0n) is 14.2. The predicted molar refractivity (Wildman–Crippen MR) is 98.1 cm³/mol. The van der Waals surface area contributed by atoms with E-state index in [0.717, 1.165) is 24.7 Å². The second-order valence-electron chi connectivity index (χ2n) is 7.47. The highest BCUT2D eigenvalue weighted by molar-refractivity contribution is 5.85. The van der Waals surface area contributed by atoms with Crippen molar-refractivity contribution >= 4 is 12.4 Å². The molecule has 4 heteroatoms. The molecule has 3 aliphatic heterocycles. The molecular formula is C19H30ClN3. The van der Waals surface area contributed by atoms with E-state index in [-0.39, 0.29) is 12.4 Å². The minimum absolute atomic E-state index is 0. The minimum atomic E-state index is 0. The van der Waals surface area contributed by atoms with Gasteiger partial charge in [0.1, 0.15) is 0 Å². The smallest absolute Gasteiger partial charge is 0.0234 e. The van der Waals surface area contributed by atoms with E-state index in [1.54, 1.807) is 0 Å². The monoisotopic (exact) mass is 335 g/mol. The van der Waals surface area contributed by atoms with E-state index >= 15 is 0 Å². The summed E-state index contributed by atoms with van der Waals surface area (Å²) in [6.45, 7) is 6.11. The molecule has 2 atom stereocenters. The van der Waals surface area contributed by atoms with Gasteiger partial charge >= 0.3 is 0 Å². The van der Waals surface area contributed by atoms with Crippen LogP contribution in [0.25, 0.3) is 0 Å². The summed E-state index contributed by atoms with van der Waals surface area (Å²) in [6, 6.07) is 13.5. The molecule has 1 aromatic rings. The number of hydrogen-bond donors (Lipinski definition) is 0. The third-order valence-electron chi connectivity index (χ3n) is 6.25. The molecule has 3 nitrogen and oxygen atoms in total. The summed E-state index contributed by atoms with van der Waals surface area (Å²) in [7, 11) is 2.34. The topological polar surface area (TPSA) is 9.72 Å². The van der Waals surface area contributed by atoms with Crippen molar-refractivity contribution in [1.29, 1.82) is 0 Å². The van der Waals surface area contributed by atoms with E-state index in [4.69, 9.17) is 0 Å². The number of rotatable bonds is 3. The number of hydrogen-bond acceptors (Lipinski definition) is 3. The summed E-state index contributed by atoms with van der Waals surface area (Å²) in [6.07, 6.45) is 5.69. The van der Waals surface area contributed by atoms with E-state index < -0.39 is 0 Å². The molecule has 2 unspecified atom stereocenters. The van der Waals surface area contributed by atoms with E-state index in [1.807, 2.05) is 0 Å². The Bertz CT molecular complexity index is 473. The maximum absolute atomic E-state index is 2.79. The highest BCUT2D eigenvalue weighted by Gasteiger charge is 2.40. The van der Waals surface area contributed by atoms with Gasteiger partial charge < -0.3 is 4.90 Å². The lowest BCUT2D eigenvalue weighted by molar-refractivity contribution is 0.0379. The van der Waals surface area contributed by atoms with Crippen molar-refractivity contribution in [3.05, 3.63) is 35.9 Å². The molecule has 3 fully saturated rings. The Hall–Kier alpha value is -0.610. The number of piperidine rings is 1. The van der Waals surface area contributed by atoms with Crippen molar-refractivity contribution in [1.82, 2.24) is 14.7 Å². The lowest BCUT2D eigenvalue weighted by Gasteiger charge is -2.45. The molecule has 0 aromatic heterocycles. The van der Waals surface area contributed by atoms with Crippen LogP contribution in [0.1, 0.15) is 31.2 Å². The van der Waals surface area contributed by atoms with Gasteiger partial charge in [-0.25, -0.2) is 0 Å². The van der Waals surface area contributed by atoms with E-state index in [1.165, 1.54) is 57.4 Å². The first-order valence-corrected chi connectivity index (χ1v) is 9.02. The molecule has 3 aliphatic rings. The Labute approximate surface area is 147 Å². The average molecular weight is 336 g/mol. The summed E-state index contributed by atoms with van der Waals surface area (Å²) >= 11 is 0. The molecule has 0 N–H and O–H groups in total. The Morgan fingerprint density at radius 2 is 1.48 bits per heavy atom. The van der Waals surface area contributed by atoms with Crippen molar-refractivity contribution in [2.24, 2.45) is 0 Å². The predicted octanol–water partition coefficient (Wildman–Crippen LogP) is 2.85. The summed E-state index contributed by atoms with van der Waals surface area (Å²) in [5.74, 6) is 0. The maximum Gasteiger partial charge on any atom is 0.0234 e. The van der Waals surface area contributed by atoms with E-state index in [9.17, 15) is 0 Å². The fourth-order valence-corrected chi connectivity index (χ4v) is 4.81. The van der Waals surface area contributed by atoms with Gasteiger partial charge in [0, 0.05) is 50.8 Å². The zero-order valence-corrected chi connectivity index (χ0v) is 15.0. The van der Waals surface area contributed by atoms with Crippen molar-refractivity contribution in [2.45, 2.75) is 50.4 Å².